The Labute approximate surface area is 166 Å². The summed E-state index contributed by atoms with van der Waals surface area (Å²) in [5, 5.41) is 0. The molecule has 1 fully saturated rings. The number of amides is 1. The van der Waals surface area contributed by atoms with E-state index in [9.17, 15) is 4.79 Å². The van der Waals surface area contributed by atoms with Gasteiger partial charge in [-0.2, -0.15) is 0 Å². The number of nitrogens with zero attached hydrogens (tertiary/aromatic N) is 2. The van der Waals surface area contributed by atoms with Gasteiger partial charge in [0, 0.05) is 25.5 Å². The minimum absolute atomic E-state index is 0.201. The number of primary amides is 1. The number of rotatable bonds is 6. The molecule has 0 aliphatic carbocycles. The molecule has 1 aliphatic rings. The van der Waals surface area contributed by atoms with Crippen molar-refractivity contribution in [3.8, 4) is 11.1 Å². The second-order valence-electron chi connectivity index (χ2n) is 7.71. The van der Waals surface area contributed by atoms with Crippen molar-refractivity contribution in [2.45, 2.75) is 19.4 Å². The van der Waals surface area contributed by atoms with Crippen LogP contribution in [0.25, 0.3) is 11.1 Å². The molecule has 1 unspecified atom stereocenters. The summed E-state index contributed by atoms with van der Waals surface area (Å²) in [6.45, 7) is 2.37. The molecule has 28 heavy (non-hydrogen) atoms. The molecule has 2 N–H and O–H groups in total. The van der Waals surface area contributed by atoms with Crippen molar-refractivity contribution >= 4 is 5.91 Å². The standard InChI is InChI=1S/C24H25N3O/c25-23(28)24(12-14-27(18-24)17-20-5-4-13-26-16-20)15-19-8-10-22(11-9-19)21-6-2-1-3-7-21/h1-11,13,16H,12,14-15,17-18H2,(H2,25,28). The van der Waals surface area contributed by atoms with Gasteiger partial charge in [-0.3, -0.25) is 14.7 Å². The minimum Gasteiger partial charge on any atom is -0.369 e. The maximum absolute atomic E-state index is 12.4. The van der Waals surface area contributed by atoms with Crippen molar-refractivity contribution in [1.29, 1.82) is 0 Å². The van der Waals surface area contributed by atoms with Crippen molar-refractivity contribution in [3.63, 3.8) is 0 Å². The van der Waals surface area contributed by atoms with Crippen molar-refractivity contribution < 1.29 is 4.79 Å². The molecule has 1 amide bonds. The normalized spacial score (nSPS) is 19.6. The number of benzene rings is 2. The Kier molecular flexibility index (Phi) is 5.22. The Morgan fingerprint density at radius 1 is 0.964 bits per heavy atom. The van der Waals surface area contributed by atoms with Gasteiger partial charge < -0.3 is 5.73 Å². The molecule has 0 spiro atoms. The lowest BCUT2D eigenvalue weighted by molar-refractivity contribution is -0.127. The highest BCUT2D eigenvalue weighted by Crippen LogP contribution is 2.35. The Balaban J connectivity index is 1.47. The quantitative estimate of drug-likeness (QED) is 0.719. The molecule has 1 saturated heterocycles. The summed E-state index contributed by atoms with van der Waals surface area (Å²) in [4.78, 5) is 18.9. The highest BCUT2D eigenvalue weighted by Gasteiger charge is 2.43. The van der Waals surface area contributed by atoms with E-state index < -0.39 is 5.41 Å². The van der Waals surface area contributed by atoms with Crippen LogP contribution in [0.15, 0.2) is 79.1 Å². The number of likely N-dealkylation sites (tertiary alicyclic amines) is 1. The molecule has 4 heteroatoms. The van der Waals surface area contributed by atoms with Crippen LogP contribution in [0.4, 0.5) is 0 Å². The van der Waals surface area contributed by atoms with Crippen LogP contribution in [0.1, 0.15) is 17.5 Å². The molecule has 0 saturated carbocycles. The molecule has 1 atom stereocenters. The summed E-state index contributed by atoms with van der Waals surface area (Å²) in [6.07, 6.45) is 5.14. The van der Waals surface area contributed by atoms with Crippen molar-refractivity contribution in [2.24, 2.45) is 11.1 Å². The van der Waals surface area contributed by atoms with Gasteiger partial charge in [0.25, 0.3) is 0 Å². The van der Waals surface area contributed by atoms with Crippen molar-refractivity contribution in [3.05, 3.63) is 90.3 Å². The average Bonchev–Trinajstić information content (AvgIpc) is 3.14. The molecular formula is C24H25N3O. The third-order valence-corrected chi connectivity index (χ3v) is 5.69. The van der Waals surface area contributed by atoms with Gasteiger partial charge in [-0.25, -0.2) is 0 Å². The Morgan fingerprint density at radius 2 is 1.71 bits per heavy atom. The fraction of sp³-hybridized carbons (Fsp3) is 0.250. The van der Waals surface area contributed by atoms with Crippen LogP contribution >= 0.6 is 0 Å². The van der Waals surface area contributed by atoms with Crippen LogP contribution in [-0.4, -0.2) is 28.9 Å². The van der Waals surface area contributed by atoms with Gasteiger partial charge in [0.2, 0.25) is 5.91 Å². The molecule has 1 aliphatic heterocycles. The summed E-state index contributed by atoms with van der Waals surface area (Å²) >= 11 is 0. The molecular weight excluding hydrogens is 346 g/mol. The first kappa shape index (κ1) is 18.4. The average molecular weight is 371 g/mol. The first-order valence-corrected chi connectivity index (χ1v) is 9.70. The summed E-state index contributed by atoms with van der Waals surface area (Å²) in [5.41, 5.74) is 10.1. The molecule has 0 radical (unpaired) electrons. The van der Waals surface area contributed by atoms with E-state index in [-0.39, 0.29) is 5.91 Å². The lowest BCUT2D eigenvalue weighted by atomic mass is 9.80. The molecule has 142 valence electrons. The smallest absolute Gasteiger partial charge is 0.225 e. The monoisotopic (exact) mass is 371 g/mol. The van der Waals surface area contributed by atoms with Gasteiger partial charge in [0.05, 0.1) is 5.41 Å². The maximum atomic E-state index is 12.4. The number of nitrogens with two attached hydrogens (primary N) is 1. The van der Waals surface area contributed by atoms with Gasteiger partial charge in [-0.05, 0) is 47.7 Å². The summed E-state index contributed by atoms with van der Waals surface area (Å²) < 4.78 is 0. The highest BCUT2D eigenvalue weighted by atomic mass is 16.1. The molecule has 2 aromatic carbocycles. The van der Waals surface area contributed by atoms with Crippen molar-refractivity contribution in [2.75, 3.05) is 13.1 Å². The second kappa shape index (κ2) is 7.95. The topological polar surface area (TPSA) is 59.2 Å². The van der Waals surface area contributed by atoms with E-state index in [1.165, 1.54) is 11.1 Å². The first-order valence-electron chi connectivity index (χ1n) is 9.70. The molecule has 0 bridgehead atoms. The van der Waals surface area contributed by atoms with E-state index in [0.717, 1.165) is 30.6 Å². The van der Waals surface area contributed by atoms with E-state index in [1.807, 2.05) is 30.5 Å². The van der Waals surface area contributed by atoms with Crippen LogP contribution in [0, 0.1) is 5.41 Å². The zero-order chi connectivity index (χ0) is 19.4. The van der Waals surface area contributed by atoms with Crippen LogP contribution in [0.3, 0.4) is 0 Å². The summed E-state index contributed by atoms with van der Waals surface area (Å²) in [7, 11) is 0. The Hall–Kier alpha value is -2.98. The number of aromatic nitrogens is 1. The van der Waals surface area contributed by atoms with Gasteiger partial charge in [0.15, 0.2) is 0 Å². The zero-order valence-corrected chi connectivity index (χ0v) is 15.9. The van der Waals surface area contributed by atoms with Gasteiger partial charge in [-0.15, -0.1) is 0 Å². The zero-order valence-electron chi connectivity index (χ0n) is 15.9. The Bertz CT molecular complexity index is 925. The number of hydrogen-bond donors (Lipinski definition) is 1. The lowest BCUT2D eigenvalue weighted by Crippen LogP contribution is -2.41. The molecule has 1 aromatic heterocycles. The SMILES string of the molecule is NC(=O)C1(Cc2ccc(-c3ccccc3)cc2)CCN(Cc2cccnc2)C1. The van der Waals surface area contributed by atoms with Crippen molar-refractivity contribution in [1.82, 2.24) is 9.88 Å². The van der Waals surface area contributed by atoms with Crippen LogP contribution in [-0.2, 0) is 17.8 Å². The number of hydrogen-bond acceptors (Lipinski definition) is 3. The predicted octanol–water partition coefficient (Wildman–Crippen LogP) is 3.67. The number of carbonyl (C=O) groups excluding carboxylic acids is 1. The fourth-order valence-corrected chi connectivity index (χ4v) is 4.11. The van der Waals surface area contributed by atoms with E-state index in [4.69, 9.17) is 5.73 Å². The van der Waals surface area contributed by atoms with E-state index in [1.54, 1.807) is 6.20 Å². The molecule has 4 nitrogen and oxygen atoms in total. The third kappa shape index (κ3) is 3.97. The Morgan fingerprint density at radius 3 is 2.39 bits per heavy atom. The first-order chi connectivity index (χ1) is 13.6. The number of pyridine rings is 1. The highest BCUT2D eigenvalue weighted by molar-refractivity contribution is 5.82. The van der Waals surface area contributed by atoms with Gasteiger partial charge in [0.1, 0.15) is 0 Å². The van der Waals surface area contributed by atoms with Crippen LogP contribution in [0.2, 0.25) is 0 Å². The molecule has 3 aromatic rings. The van der Waals surface area contributed by atoms with Crippen LogP contribution < -0.4 is 5.73 Å². The largest absolute Gasteiger partial charge is 0.369 e. The summed E-state index contributed by atoms with van der Waals surface area (Å²) in [5.74, 6) is -0.201. The lowest BCUT2D eigenvalue weighted by Gasteiger charge is -2.26. The third-order valence-electron chi connectivity index (χ3n) is 5.69. The maximum Gasteiger partial charge on any atom is 0.225 e. The summed E-state index contributed by atoms with van der Waals surface area (Å²) in [6, 6.07) is 22.8. The fourth-order valence-electron chi connectivity index (χ4n) is 4.11. The van der Waals surface area contributed by atoms with E-state index in [2.05, 4.69) is 52.3 Å². The number of carbonyl (C=O) groups is 1. The predicted molar refractivity (Wildman–Crippen MR) is 111 cm³/mol. The van der Waals surface area contributed by atoms with Gasteiger partial charge in [-0.1, -0.05) is 60.7 Å². The van der Waals surface area contributed by atoms with E-state index >= 15 is 0 Å². The van der Waals surface area contributed by atoms with E-state index in [0.29, 0.717) is 13.0 Å². The van der Waals surface area contributed by atoms with Gasteiger partial charge >= 0.3 is 0 Å². The van der Waals surface area contributed by atoms with Crippen LogP contribution in [0.5, 0.6) is 0 Å². The second-order valence-corrected chi connectivity index (χ2v) is 7.71. The minimum atomic E-state index is -0.503. The molecule has 2 heterocycles. The molecule has 4 rings (SSSR count).